The number of halogens is 2. The van der Waals surface area contributed by atoms with E-state index in [9.17, 15) is 15.3 Å². The van der Waals surface area contributed by atoms with Crippen molar-refractivity contribution in [3.63, 3.8) is 0 Å². The Kier molecular flexibility index (Phi) is 7.91. The van der Waals surface area contributed by atoms with Gasteiger partial charge in [0.25, 0.3) is 0 Å². The smallest absolute Gasteiger partial charge is 0.226 e. The summed E-state index contributed by atoms with van der Waals surface area (Å²) >= 11 is 16.0. The molecule has 4 aromatic rings. The third-order valence-electron chi connectivity index (χ3n) is 4.72. The summed E-state index contributed by atoms with van der Waals surface area (Å²) in [6.45, 7) is 0. The number of anilines is 2. The minimum atomic E-state index is -0.230. The molecule has 0 aliphatic carbocycles. The number of thiazole rings is 1. The van der Waals surface area contributed by atoms with Gasteiger partial charge in [-0.25, -0.2) is 9.97 Å². The molecular formula is C23H14Cl2N6OS3. The van der Waals surface area contributed by atoms with Crippen molar-refractivity contribution >= 4 is 74.5 Å². The third kappa shape index (κ3) is 5.59. The number of pyridine rings is 1. The van der Waals surface area contributed by atoms with E-state index in [1.54, 1.807) is 18.2 Å². The fourth-order valence-corrected chi connectivity index (χ4v) is 5.86. The molecule has 1 aromatic carbocycles. The number of benzene rings is 1. The Balaban J connectivity index is 1.43. The van der Waals surface area contributed by atoms with Crippen LogP contribution in [0.1, 0.15) is 17.5 Å². The van der Waals surface area contributed by atoms with E-state index in [4.69, 9.17) is 28.9 Å². The minimum Gasteiger partial charge on any atom is -0.383 e. The van der Waals surface area contributed by atoms with E-state index >= 15 is 0 Å². The van der Waals surface area contributed by atoms with E-state index in [2.05, 4.69) is 27.4 Å². The third-order valence-corrected chi connectivity index (χ3v) is 8.08. The molecule has 7 nitrogen and oxygen atoms in total. The molecule has 3 aromatic heterocycles. The second-order valence-corrected chi connectivity index (χ2v) is 10.6. The van der Waals surface area contributed by atoms with Crippen molar-refractivity contribution in [3.05, 3.63) is 62.3 Å². The lowest BCUT2D eigenvalue weighted by Gasteiger charge is -2.11. The number of carbonyl (C=O) groups excluding carboxylic acids is 1. The molecule has 0 atom stereocenters. The summed E-state index contributed by atoms with van der Waals surface area (Å²) in [5.74, 6) is 0.180. The molecule has 0 spiro atoms. The Bertz CT molecular complexity index is 1490. The van der Waals surface area contributed by atoms with E-state index in [0.29, 0.717) is 37.2 Å². The van der Waals surface area contributed by atoms with Crippen molar-refractivity contribution in [1.82, 2.24) is 9.97 Å². The topological polar surface area (TPSA) is 128 Å². The first-order valence-corrected chi connectivity index (χ1v) is 13.4. The number of nitrogen functional groups attached to an aromatic ring is 1. The van der Waals surface area contributed by atoms with Crippen LogP contribution in [0.2, 0.25) is 10.0 Å². The van der Waals surface area contributed by atoms with Crippen LogP contribution >= 0.6 is 57.6 Å². The molecule has 3 N–H and O–H groups in total. The molecule has 12 heteroatoms. The summed E-state index contributed by atoms with van der Waals surface area (Å²) in [6.07, 6.45) is 0.160. The Morgan fingerprint density at radius 3 is 2.60 bits per heavy atom. The van der Waals surface area contributed by atoms with Crippen LogP contribution in [0.4, 0.5) is 10.9 Å². The zero-order chi connectivity index (χ0) is 24.9. The van der Waals surface area contributed by atoms with Crippen LogP contribution in [0.3, 0.4) is 0 Å². The second-order valence-electron chi connectivity index (χ2n) is 6.94. The Morgan fingerprint density at radius 2 is 1.91 bits per heavy atom. The van der Waals surface area contributed by atoms with Crippen LogP contribution < -0.4 is 11.1 Å². The monoisotopic (exact) mass is 556 g/mol. The standard InChI is InChI=1S/C23H14Cl2N6OS3/c24-15-4-3-12(8-16(15)25)17-11-35-23(29-17)30-19(32)5-7-34-22-14(10-27)20(18-2-1-6-33-18)13(9-26)21(28)31-22/h1-4,6,8,11H,5,7H2,(H2,28,31)(H,29,30,32). The molecule has 4 rings (SSSR count). The van der Waals surface area contributed by atoms with Gasteiger partial charge in [0.1, 0.15) is 28.5 Å². The first-order chi connectivity index (χ1) is 16.9. The van der Waals surface area contributed by atoms with Gasteiger partial charge in [0.15, 0.2) is 5.13 Å². The molecule has 0 radical (unpaired) electrons. The van der Waals surface area contributed by atoms with Gasteiger partial charge >= 0.3 is 0 Å². The number of nitrogens with one attached hydrogen (secondary N) is 1. The van der Waals surface area contributed by atoms with Crippen molar-refractivity contribution in [2.75, 3.05) is 16.8 Å². The van der Waals surface area contributed by atoms with Crippen LogP contribution in [0.15, 0.2) is 46.1 Å². The number of hydrogen-bond acceptors (Lipinski definition) is 9. The van der Waals surface area contributed by atoms with Crippen LogP contribution in [0, 0.1) is 22.7 Å². The normalized spacial score (nSPS) is 10.5. The first-order valence-electron chi connectivity index (χ1n) is 9.92. The van der Waals surface area contributed by atoms with Crippen molar-refractivity contribution in [1.29, 1.82) is 10.5 Å². The maximum absolute atomic E-state index is 12.5. The Hall–Kier alpha value is -3.12. The predicted molar refractivity (Wildman–Crippen MR) is 143 cm³/mol. The van der Waals surface area contributed by atoms with Gasteiger partial charge in [0, 0.05) is 33.6 Å². The van der Waals surface area contributed by atoms with Gasteiger partial charge in [-0.3, -0.25) is 4.79 Å². The van der Waals surface area contributed by atoms with Gasteiger partial charge < -0.3 is 11.1 Å². The number of amides is 1. The zero-order valence-corrected chi connectivity index (χ0v) is 21.7. The zero-order valence-electron chi connectivity index (χ0n) is 17.7. The number of hydrogen-bond donors (Lipinski definition) is 2. The molecule has 0 aliphatic rings. The highest BCUT2D eigenvalue weighted by Gasteiger charge is 2.21. The van der Waals surface area contributed by atoms with E-state index in [-0.39, 0.29) is 29.3 Å². The lowest BCUT2D eigenvalue weighted by Crippen LogP contribution is -2.12. The molecule has 0 bridgehead atoms. The van der Waals surface area contributed by atoms with Crippen LogP contribution in [0.25, 0.3) is 21.7 Å². The highest BCUT2D eigenvalue weighted by molar-refractivity contribution is 7.99. The lowest BCUT2D eigenvalue weighted by molar-refractivity contribution is -0.115. The Morgan fingerprint density at radius 1 is 1.11 bits per heavy atom. The highest BCUT2D eigenvalue weighted by atomic mass is 35.5. The van der Waals surface area contributed by atoms with Crippen molar-refractivity contribution in [2.45, 2.75) is 11.4 Å². The van der Waals surface area contributed by atoms with Crippen LogP contribution in [-0.2, 0) is 4.79 Å². The van der Waals surface area contributed by atoms with Gasteiger partial charge in [-0.2, -0.15) is 10.5 Å². The van der Waals surface area contributed by atoms with E-state index < -0.39 is 0 Å². The molecule has 0 aliphatic heterocycles. The van der Waals surface area contributed by atoms with E-state index in [1.165, 1.54) is 34.4 Å². The van der Waals surface area contributed by atoms with Gasteiger partial charge in [0.05, 0.1) is 21.3 Å². The molecule has 0 unspecified atom stereocenters. The van der Waals surface area contributed by atoms with Crippen molar-refractivity contribution in [2.24, 2.45) is 0 Å². The fraction of sp³-hybridized carbons (Fsp3) is 0.0870. The lowest BCUT2D eigenvalue weighted by atomic mass is 10.0. The number of rotatable bonds is 7. The number of carbonyl (C=O) groups is 1. The number of thiophene rings is 1. The highest BCUT2D eigenvalue weighted by Crippen LogP contribution is 2.38. The predicted octanol–water partition coefficient (Wildman–Crippen LogP) is 6.69. The number of nitriles is 2. The summed E-state index contributed by atoms with van der Waals surface area (Å²) in [7, 11) is 0. The molecule has 35 heavy (non-hydrogen) atoms. The summed E-state index contributed by atoms with van der Waals surface area (Å²) in [6, 6.07) is 13.1. The maximum Gasteiger partial charge on any atom is 0.226 e. The van der Waals surface area contributed by atoms with Crippen LogP contribution in [0.5, 0.6) is 0 Å². The van der Waals surface area contributed by atoms with Crippen molar-refractivity contribution in [3.8, 4) is 33.8 Å². The van der Waals surface area contributed by atoms with Crippen LogP contribution in [-0.4, -0.2) is 21.6 Å². The van der Waals surface area contributed by atoms with Gasteiger partial charge in [0.2, 0.25) is 5.91 Å². The summed E-state index contributed by atoms with van der Waals surface area (Å²) in [4.78, 5) is 21.9. The van der Waals surface area contributed by atoms with Gasteiger partial charge in [-0.1, -0.05) is 35.3 Å². The fourth-order valence-electron chi connectivity index (χ4n) is 3.11. The number of nitrogens with two attached hydrogens (primary N) is 1. The molecule has 174 valence electrons. The molecule has 3 heterocycles. The molecule has 0 saturated carbocycles. The molecule has 0 fully saturated rings. The summed E-state index contributed by atoms with van der Waals surface area (Å²) < 4.78 is 0. The maximum atomic E-state index is 12.5. The van der Waals surface area contributed by atoms with Gasteiger partial charge in [-0.15, -0.1) is 34.4 Å². The molecule has 1 amide bonds. The molecular weight excluding hydrogens is 543 g/mol. The average Bonchev–Trinajstić information content (AvgIpc) is 3.53. The number of thioether (sulfide) groups is 1. The van der Waals surface area contributed by atoms with E-state index in [1.807, 2.05) is 22.9 Å². The largest absolute Gasteiger partial charge is 0.383 e. The summed E-state index contributed by atoms with van der Waals surface area (Å²) in [5, 5.41) is 27.5. The summed E-state index contributed by atoms with van der Waals surface area (Å²) in [5.41, 5.74) is 8.40. The van der Waals surface area contributed by atoms with E-state index in [0.717, 1.165) is 10.4 Å². The first kappa shape index (κ1) is 25.0. The minimum absolute atomic E-state index is 0.0551. The van der Waals surface area contributed by atoms with Gasteiger partial charge in [-0.05, 0) is 23.6 Å². The number of nitrogens with zero attached hydrogens (tertiary/aromatic N) is 4. The second kappa shape index (κ2) is 11.1. The Labute approximate surface area is 223 Å². The quantitative estimate of drug-likeness (QED) is 0.242. The SMILES string of the molecule is N#Cc1c(N)nc(SCCC(=O)Nc2nc(-c3ccc(Cl)c(Cl)c3)cs2)c(C#N)c1-c1cccs1. The van der Waals surface area contributed by atoms with Crippen molar-refractivity contribution < 1.29 is 4.79 Å². The average molecular weight is 558 g/mol. The molecule has 0 saturated heterocycles. The number of aromatic nitrogens is 2.